The largest absolute Gasteiger partial charge is 0.341 e. The number of H-pyrrole nitrogens is 1. The first-order chi connectivity index (χ1) is 8.73. The van der Waals surface area contributed by atoms with Crippen LogP contribution in [0.15, 0.2) is 18.2 Å². The summed E-state index contributed by atoms with van der Waals surface area (Å²) in [5.41, 5.74) is 3.81. The molecule has 2 aromatic rings. The fourth-order valence-electron chi connectivity index (χ4n) is 3.04. The Hall–Kier alpha value is -1.35. The van der Waals surface area contributed by atoms with Crippen LogP contribution in [0.25, 0.3) is 11.0 Å². The maximum absolute atomic E-state index is 4.84. The molecule has 0 atom stereocenters. The smallest absolute Gasteiger partial charge is 0.113 e. The van der Waals surface area contributed by atoms with Crippen molar-refractivity contribution < 1.29 is 0 Å². The van der Waals surface area contributed by atoms with Crippen molar-refractivity contribution in [2.75, 3.05) is 13.1 Å². The lowest BCUT2D eigenvalue weighted by atomic mass is 9.76. The topological polar surface area (TPSA) is 40.7 Å². The van der Waals surface area contributed by atoms with Crippen LogP contribution in [0.2, 0.25) is 0 Å². The summed E-state index contributed by atoms with van der Waals surface area (Å²) in [6, 6.07) is 6.44. The van der Waals surface area contributed by atoms with Crippen molar-refractivity contribution in [1.29, 1.82) is 0 Å². The van der Waals surface area contributed by atoms with Crippen molar-refractivity contribution in [3.63, 3.8) is 0 Å². The van der Waals surface area contributed by atoms with Crippen LogP contribution in [0.1, 0.15) is 37.6 Å². The number of nitrogens with one attached hydrogen (secondary N) is 2. The predicted octanol–water partition coefficient (Wildman–Crippen LogP) is 2.90. The van der Waals surface area contributed by atoms with E-state index in [2.05, 4.69) is 42.3 Å². The number of aryl methyl sites for hydroxylation is 1. The van der Waals surface area contributed by atoms with E-state index in [1.165, 1.54) is 29.7 Å². The highest BCUT2D eigenvalue weighted by atomic mass is 15.0. The molecule has 0 unspecified atom stereocenters. The Bertz CT molecular complexity index is 550. The van der Waals surface area contributed by atoms with Gasteiger partial charge in [-0.25, -0.2) is 4.98 Å². The maximum atomic E-state index is 4.84. The van der Waals surface area contributed by atoms with Crippen molar-refractivity contribution in [3.05, 3.63) is 29.6 Å². The third-order valence-corrected chi connectivity index (χ3v) is 4.38. The molecule has 18 heavy (non-hydrogen) atoms. The standard InChI is InChI=1S/C15H21N3/c1-3-15(6-8-16-9-7-15)14-17-12-5-4-11(2)10-13(12)18-14/h4-5,10,16H,3,6-9H2,1-2H3,(H,17,18). The molecule has 1 aromatic carbocycles. The molecule has 3 heteroatoms. The van der Waals surface area contributed by atoms with Crippen LogP contribution in [-0.2, 0) is 5.41 Å². The average molecular weight is 243 g/mol. The van der Waals surface area contributed by atoms with Crippen molar-refractivity contribution >= 4 is 11.0 Å². The molecule has 2 heterocycles. The third kappa shape index (κ3) is 1.83. The van der Waals surface area contributed by atoms with Gasteiger partial charge in [0, 0.05) is 5.41 Å². The van der Waals surface area contributed by atoms with Gasteiger partial charge in [0.05, 0.1) is 11.0 Å². The summed E-state index contributed by atoms with van der Waals surface area (Å²) in [6.07, 6.45) is 3.53. The molecule has 96 valence electrons. The van der Waals surface area contributed by atoms with Gasteiger partial charge < -0.3 is 10.3 Å². The Balaban J connectivity index is 2.06. The predicted molar refractivity (Wildman–Crippen MR) is 74.9 cm³/mol. The Morgan fingerprint density at radius 2 is 2.06 bits per heavy atom. The fraction of sp³-hybridized carbons (Fsp3) is 0.533. The minimum Gasteiger partial charge on any atom is -0.341 e. The molecule has 1 fully saturated rings. The number of rotatable bonds is 2. The Morgan fingerprint density at radius 1 is 1.28 bits per heavy atom. The summed E-state index contributed by atoms with van der Waals surface area (Å²) in [4.78, 5) is 8.40. The monoisotopic (exact) mass is 243 g/mol. The van der Waals surface area contributed by atoms with E-state index in [4.69, 9.17) is 4.98 Å². The molecule has 0 aliphatic carbocycles. The number of aromatic amines is 1. The van der Waals surface area contributed by atoms with E-state index < -0.39 is 0 Å². The Morgan fingerprint density at radius 3 is 2.78 bits per heavy atom. The van der Waals surface area contributed by atoms with Gasteiger partial charge in [-0.2, -0.15) is 0 Å². The number of nitrogens with zero attached hydrogens (tertiary/aromatic N) is 1. The van der Waals surface area contributed by atoms with E-state index in [-0.39, 0.29) is 5.41 Å². The van der Waals surface area contributed by atoms with Crippen LogP contribution < -0.4 is 5.32 Å². The quantitative estimate of drug-likeness (QED) is 0.851. The Labute approximate surface area is 108 Å². The van der Waals surface area contributed by atoms with Gasteiger partial charge in [0.25, 0.3) is 0 Å². The molecule has 1 aliphatic heterocycles. The first kappa shape index (κ1) is 11.7. The number of hydrogen-bond acceptors (Lipinski definition) is 2. The van der Waals surface area contributed by atoms with Gasteiger partial charge in [-0.15, -0.1) is 0 Å². The van der Waals surface area contributed by atoms with E-state index in [9.17, 15) is 0 Å². The van der Waals surface area contributed by atoms with Crippen molar-refractivity contribution in [3.8, 4) is 0 Å². The van der Waals surface area contributed by atoms with Crippen LogP contribution >= 0.6 is 0 Å². The first-order valence-electron chi connectivity index (χ1n) is 6.91. The molecule has 0 radical (unpaired) electrons. The molecule has 3 nitrogen and oxygen atoms in total. The van der Waals surface area contributed by atoms with E-state index in [0.29, 0.717) is 0 Å². The molecule has 1 aromatic heterocycles. The second kappa shape index (κ2) is 4.39. The van der Waals surface area contributed by atoms with Gasteiger partial charge in [-0.05, 0) is 57.0 Å². The van der Waals surface area contributed by atoms with Crippen LogP contribution in [0, 0.1) is 6.92 Å². The van der Waals surface area contributed by atoms with Gasteiger partial charge in [-0.3, -0.25) is 0 Å². The summed E-state index contributed by atoms with van der Waals surface area (Å²) in [7, 11) is 0. The molecular weight excluding hydrogens is 222 g/mol. The second-order valence-corrected chi connectivity index (χ2v) is 5.49. The van der Waals surface area contributed by atoms with E-state index in [1.807, 2.05) is 0 Å². The van der Waals surface area contributed by atoms with Crippen LogP contribution in [0.4, 0.5) is 0 Å². The average Bonchev–Trinajstić information content (AvgIpc) is 2.83. The Kier molecular flexibility index (Phi) is 2.86. The van der Waals surface area contributed by atoms with Gasteiger partial charge in [0.2, 0.25) is 0 Å². The molecule has 0 bridgehead atoms. The molecule has 1 saturated heterocycles. The second-order valence-electron chi connectivity index (χ2n) is 5.49. The van der Waals surface area contributed by atoms with Crippen molar-refractivity contribution in [2.45, 2.75) is 38.5 Å². The van der Waals surface area contributed by atoms with Crippen molar-refractivity contribution in [2.24, 2.45) is 0 Å². The zero-order valence-electron chi connectivity index (χ0n) is 11.2. The van der Waals surface area contributed by atoms with Gasteiger partial charge in [-0.1, -0.05) is 13.0 Å². The normalized spacial score (nSPS) is 19.2. The van der Waals surface area contributed by atoms with Crippen LogP contribution in [0.5, 0.6) is 0 Å². The highest BCUT2D eigenvalue weighted by Gasteiger charge is 2.34. The number of benzene rings is 1. The zero-order valence-corrected chi connectivity index (χ0v) is 11.2. The first-order valence-corrected chi connectivity index (χ1v) is 6.91. The van der Waals surface area contributed by atoms with E-state index >= 15 is 0 Å². The van der Waals surface area contributed by atoms with Crippen LogP contribution in [-0.4, -0.2) is 23.1 Å². The number of hydrogen-bond donors (Lipinski definition) is 2. The van der Waals surface area contributed by atoms with Crippen LogP contribution in [0.3, 0.4) is 0 Å². The zero-order chi connectivity index (χ0) is 12.6. The molecule has 0 saturated carbocycles. The molecule has 2 N–H and O–H groups in total. The summed E-state index contributed by atoms with van der Waals surface area (Å²) in [6.45, 7) is 6.61. The highest BCUT2D eigenvalue weighted by Crippen LogP contribution is 2.35. The van der Waals surface area contributed by atoms with Gasteiger partial charge in [0.15, 0.2) is 0 Å². The SMILES string of the molecule is CCC1(c2nc3ccc(C)cc3[nH]2)CCNCC1. The summed E-state index contributed by atoms with van der Waals surface area (Å²) < 4.78 is 0. The molecule has 0 spiro atoms. The lowest BCUT2D eigenvalue weighted by Crippen LogP contribution is -2.40. The van der Waals surface area contributed by atoms with E-state index in [1.54, 1.807) is 0 Å². The summed E-state index contributed by atoms with van der Waals surface area (Å²) in [5.74, 6) is 1.19. The molecule has 1 aliphatic rings. The van der Waals surface area contributed by atoms with Crippen molar-refractivity contribution in [1.82, 2.24) is 15.3 Å². The number of aromatic nitrogens is 2. The maximum Gasteiger partial charge on any atom is 0.113 e. The van der Waals surface area contributed by atoms with Gasteiger partial charge >= 0.3 is 0 Å². The molecule has 0 amide bonds. The van der Waals surface area contributed by atoms with Gasteiger partial charge in [0.1, 0.15) is 5.82 Å². The summed E-state index contributed by atoms with van der Waals surface area (Å²) >= 11 is 0. The molecular formula is C15H21N3. The molecule has 3 rings (SSSR count). The number of piperidine rings is 1. The minimum absolute atomic E-state index is 0.248. The highest BCUT2D eigenvalue weighted by molar-refractivity contribution is 5.76. The lowest BCUT2D eigenvalue weighted by molar-refractivity contribution is 0.285. The lowest BCUT2D eigenvalue weighted by Gasteiger charge is -2.35. The summed E-state index contributed by atoms with van der Waals surface area (Å²) in [5, 5.41) is 3.44. The fourth-order valence-corrected chi connectivity index (χ4v) is 3.04. The number of imidazole rings is 1. The number of fused-ring (bicyclic) bond motifs is 1. The minimum atomic E-state index is 0.248. The van der Waals surface area contributed by atoms with E-state index in [0.717, 1.165) is 25.0 Å². The third-order valence-electron chi connectivity index (χ3n) is 4.38.